The molecule has 1 unspecified atom stereocenters. The number of nitrogens with one attached hydrogen (secondary N) is 1. The molecule has 0 saturated carbocycles. The number of rotatable bonds is 5. The van der Waals surface area contributed by atoms with Gasteiger partial charge in [0.05, 0.1) is 6.54 Å². The van der Waals surface area contributed by atoms with Gasteiger partial charge in [-0.05, 0) is 45.0 Å². The SMILES string of the molecule is CC1Cc2ccccc2N1C(=O)NCCCN(C)CC(F)(F)F. The van der Waals surface area contributed by atoms with Gasteiger partial charge in [0.25, 0.3) is 0 Å². The van der Waals surface area contributed by atoms with Crippen LogP contribution >= 0.6 is 0 Å². The quantitative estimate of drug-likeness (QED) is 0.843. The molecule has 1 aromatic rings. The first-order chi connectivity index (χ1) is 10.8. The van der Waals surface area contributed by atoms with Gasteiger partial charge in [0, 0.05) is 18.3 Å². The van der Waals surface area contributed by atoms with Crippen LogP contribution in [0.3, 0.4) is 0 Å². The van der Waals surface area contributed by atoms with Gasteiger partial charge in [-0.25, -0.2) is 4.79 Å². The van der Waals surface area contributed by atoms with Crippen molar-refractivity contribution in [3.8, 4) is 0 Å². The third kappa shape index (κ3) is 4.86. The molecule has 4 nitrogen and oxygen atoms in total. The Labute approximate surface area is 134 Å². The van der Waals surface area contributed by atoms with Crippen molar-refractivity contribution >= 4 is 11.7 Å². The predicted octanol–water partition coefficient (Wildman–Crippen LogP) is 3.03. The number of alkyl halides is 3. The van der Waals surface area contributed by atoms with Crippen molar-refractivity contribution in [3.05, 3.63) is 29.8 Å². The second kappa shape index (κ2) is 7.21. The highest BCUT2D eigenvalue weighted by Gasteiger charge is 2.30. The largest absolute Gasteiger partial charge is 0.401 e. The molecule has 2 amide bonds. The maximum atomic E-state index is 12.3. The Balaban J connectivity index is 1.78. The van der Waals surface area contributed by atoms with E-state index in [1.165, 1.54) is 11.9 Å². The summed E-state index contributed by atoms with van der Waals surface area (Å²) in [6, 6.07) is 7.65. The molecule has 1 aliphatic heterocycles. The zero-order valence-corrected chi connectivity index (χ0v) is 13.4. The molecule has 1 heterocycles. The number of amides is 2. The number of carbonyl (C=O) groups is 1. The number of urea groups is 1. The molecule has 0 aromatic heterocycles. The number of carbonyl (C=O) groups excluding carboxylic acids is 1. The Morgan fingerprint density at radius 2 is 2.09 bits per heavy atom. The number of nitrogens with zero attached hydrogens (tertiary/aromatic N) is 2. The summed E-state index contributed by atoms with van der Waals surface area (Å²) >= 11 is 0. The number of anilines is 1. The summed E-state index contributed by atoms with van der Waals surface area (Å²) in [5.74, 6) is 0. The highest BCUT2D eigenvalue weighted by atomic mass is 19.4. The average molecular weight is 329 g/mol. The van der Waals surface area contributed by atoms with Gasteiger partial charge in [0.2, 0.25) is 0 Å². The minimum absolute atomic E-state index is 0.0836. The van der Waals surface area contributed by atoms with Crippen molar-refractivity contribution in [2.24, 2.45) is 0 Å². The molecular formula is C16H22F3N3O. The fraction of sp³-hybridized carbons (Fsp3) is 0.562. The van der Waals surface area contributed by atoms with Gasteiger partial charge in [0.15, 0.2) is 0 Å². The van der Waals surface area contributed by atoms with E-state index in [1.54, 1.807) is 4.90 Å². The lowest BCUT2D eigenvalue weighted by molar-refractivity contribution is -0.143. The fourth-order valence-corrected chi connectivity index (χ4v) is 2.89. The van der Waals surface area contributed by atoms with Crippen LogP contribution in [0.15, 0.2) is 24.3 Å². The van der Waals surface area contributed by atoms with Crippen molar-refractivity contribution in [3.63, 3.8) is 0 Å². The van der Waals surface area contributed by atoms with Gasteiger partial charge in [0.1, 0.15) is 0 Å². The normalized spacial score (nSPS) is 17.5. The topological polar surface area (TPSA) is 35.6 Å². The lowest BCUT2D eigenvalue weighted by atomic mass is 10.1. The van der Waals surface area contributed by atoms with Crippen molar-refractivity contribution in [1.29, 1.82) is 0 Å². The van der Waals surface area contributed by atoms with E-state index in [9.17, 15) is 18.0 Å². The molecule has 1 aromatic carbocycles. The van der Waals surface area contributed by atoms with E-state index in [-0.39, 0.29) is 18.6 Å². The summed E-state index contributed by atoms with van der Waals surface area (Å²) in [7, 11) is 1.42. The van der Waals surface area contributed by atoms with Crippen LogP contribution in [0.2, 0.25) is 0 Å². The van der Waals surface area contributed by atoms with Crippen LogP contribution in [-0.2, 0) is 6.42 Å². The van der Waals surface area contributed by atoms with Gasteiger partial charge in [-0.1, -0.05) is 18.2 Å². The van der Waals surface area contributed by atoms with Crippen LogP contribution < -0.4 is 10.2 Å². The standard InChI is InChI=1S/C16H22F3N3O/c1-12-10-13-6-3-4-7-14(13)22(12)15(23)20-8-5-9-21(2)11-16(17,18)19/h3-4,6-7,12H,5,8-11H2,1-2H3,(H,20,23). The molecule has 0 radical (unpaired) electrons. The Morgan fingerprint density at radius 1 is 1.39 bits per heavy atom. The highest BCUT2D eigenvalue weighted by Crippen LogP contribution is 2.31. The summed E-state index contributed by atoms with van der Waals surface area (Å²) in [4.78, 5) is 15.2. The Kier molecular flexibility index (Phi) is 5.51. The number of hydrogen-bond acceptors (Lipinski definition) is 2. The first-order valence-corrected chi connectivity index (χ1v) is 7.68. The number of halogens is 3. The Morgan fingerprint density at radius 3 is 2.78 bits per heavy atom. The van der Waals surface area contributed by atoms with Gasteiger partial charge >= 0.3 is 12.2 Å². The summed E-state index contributed by atoms with van der Waals surface area (Å²) in [6.45, 7) is 1.69. The molecule has 0 aliphatic carbocycles. The van der Waals surface area contributed by atoms with E-state index in [1.807, 2.05) is 31.2 Å². The van der Waals surface area contributed by atoms with E-state index in [0.29, 0.717) is 13.0 Å². The second-order valence-electron chi connectivity index (χ2n) is 5.99. The van der Waals surface area contributed by atoms with Crippen LogP contribution in [0.4, 0.5) is 23.7 Å². The molecule has 7 heteroatoms. The van der Waals surface area contributed by atoms with E-state index >= 15 is 0 Å². The molecule has 23 heavy (non-hydrogen) atoms. The van der Waals surface area contributed by atoms with E-state index in [0.717, 1.165) is 17.7 Å². The number of para-hydroxylation sites is 1. The molecule has 128 valence electrons. The van der Waals surface area contributed by atoms with Crippen molar-refractivity contribution in [2.75, 3.05) is 31.6 Å². The summed E-state index contributed by atoms with van der Waals surface area (Å²) in [5.41, 5.74) is 2.05. The molecular weight excluding hydrogens is 307 g/mol. The molecule has 1 atom stereocenters. The molecule has 1 N–H and O–H groups in total. The van der Waals surface area contributed by atoms with Crippen molar-refractivity contribution in [1.82, 2.24) is 10.2 Å². The monoisotopic (exact) mass is 329 g/mol. The molecule has 0 spiro atoms. The maximum absolute atomic E-state index is 12.3. The first-order valence-electron chi connectivity index (χ1n) is 7.68. The maximum Gasteiger partial charge on any atom is 0.401 e. The van der Waals surface area contributed by atoms with Gasteiger partial charge in [-0.2, -0.15) is 13.2 Å². The summed E-state index contributed by atoms with van der Waals surface area (Å²) in [5, 5.41) is 2.79. The third-order valence-electron chi connectivity index (χ3n) is 3.87. The predicted molar refractivity (Wildman–Crippen MR) is 83.7 cm³/mol. The van der Waals surface area contributed by atoms with Gasteiger partial charge in [-0.3, -0.25) is 9.80 Å². The second-order valence-corrected chi connectivity index (χ2v) is 5.99. The molecule has 0 bridgehead atoms. The lowest BCUT2D eigenvalue weighted by Gasteiger charge is -2.23. The van der Waals surface area contributed by atoms with E-state index in [4.69, 9.17) is 0 Å². The smallest absolute Gasteiger partial charge is 0.338 e. The Hall–Kier alpha value is -1.76. The van der Waals surface area contributed by atoms with Crippen LogP contribution in [0.5, 0.6) is 0 Å². The van der Waals surface area contributed by atoms with E-state index < -0.39 is 12.7 Å². The lowest BCUT2D eigenvalue weighted by Crippen LogP contribution is -2.44. The van der Waals surface area contributed by atoms with Crippen LogP contribution in [-0.4, -0.2) is 49.8 Å². The molecule has 2 rings (SSSR count). The number of hydrogen-bond donors (Lipinski definition) is 1. The van der Waals surface area contributed by atoms with Crippen LogP contribution in [0.25, 0.3) is 0 Å². The Bertz CT molecular complexity index is 548. The van der Waals surface area contributed by atoms with Crippen LogP contribution in [0, 0.1) is 0 Å². The molecule has 0 fully saturated rings. The number of fused-ring (bicyclic) bond motifs is 1. The molecule has 1 aliphatic rings. The summed E-state index contributed by atoms with van der Waals surface area (Å²) in [6.07, 6.45) is -2.90. The average Bonchev–Trinajstić information content (AvgIpc) is 2.77. The minimum atomic E-state index is -4.19. The van der Waals surface area contributed by atoms with Gasteiger partial charge in [-0.15, -0.1) is 0 Å². The molecule has 0 saturated heterocycles. The van der Waals surface area contributed by atoms with E-state index in [2.05, 4.69) is 5.32 Å². The van der Waals surface area contributed by atoms with Crippen molar-refractivity contribution in [2.45, 2.75) is 32.0 Å². The minimum Gasteiger partial charge on any atom is -0.338 e. The van der Waals surface area contributed by atoms with Gasteiger partial charge < -0.3 is 5.32 Å². The number of benzene rings is 1. The van der Waals surface area contributed by atoms with Crippen LogP contribution in [0.1, 0.15) is 18.9 Å². The highest BCUT2D eigenvalue weighted by molar-refractivity contribution is 5.94. The summed E-state index contributed by atoms with van der Waals surface area (Å²) < 4.78 is 36.6. The first kappa shape index (κ1) is 17.6. The fourth-order valence-electron chi connectivity index (χ4n) is 2.89. The third-order valence-corrected chi connectivity index (χ3v) is 3.87. The van der Waals surface area contributed by atoms with Crippen molar-refractivity contribution < 1.29 is 18.0 Å². The zero-order valence-electron chi connectivity index (χ0n) is 13.4. The zero-order chi connectivity index (χ0) is 17.0.